The molecule has 6 aromatic rings. The van der Waals surface area contributed by atoms with Crippen LogP contribution in [-0.4, -0.2) is 6.54 Å². The maximum absolute atomic E-state index is 2.43. The van der Waals surface area contributed by atoms with Crippen LogP contribution in [0.2, 0.25) is 0 Å². The summed E-state index contributed by atoms with van der Waals surface area (Å²) in [6.07, 6.45) is 9.17. The first-order valence-electron chi connectivity index (χ1n) is 15.7. The van der Waals surface area contributed by atoms with E-state index in [1.54, 1.807) is 0 Å². The fourth-order valence-corrected chi connectivity index (χ4v) is 6.21. The van der Waals surface area contributed by atoms with E-state index in [-0.39, 0.29) is 0 Å². The number of rotatable bonds is 7. The highest BCUT2D eigenvalue weighted by Gasteiger charge is 2.18. The lowest BCUT2D eigenvalue weighted by Gasteiger charge is -2.26. The molecule has 0 saturated heterocycles. The summed E-state index contributed by atoms with van der Waals surface area (Å²) in [5.41, 5.74) is 14.5. The fourth-order valence-electron chi connectivity index (χ4n) is 6.21. The summed E-state index contributed by atoms with van der Waals surface area (Å²) in [5.74, 6) is 0. The first-order chi connectivity index (χ1) is 22.3. The van der Waals surface area contributed by atoms with Crippen molar-refractivity contribution in [3.05, 3.63) is 202 Å². The Morgan fingerprint density at radius 1 is 0.444 bits per heavy atom. The molecular weight excluding hydrogens is 542 g/mol. The van der Waals surface area contributed by atoms with Gasteiger partial charge in [-0.15, -0.1) is 0 Å². The molecular formula is C44H35N. The minimum atomic E-state index is 0.880. The molecule has 0 fully saturated rings. The Kier molecular flexibility index (Phi) is 8.07. The first kappa shape index (κ1) is 28.1. The lowest BCUT2D eigenvalue weighted by molar-refractivity contribution is 1.02. The first-order valence-corrected chi connectivity index (χ1v) is 15.7. The third-order valence-electron chi connectivity index (χ3n) is 8.40. The Hall–Kier alpha value is -5.66. The minimum absolute atomic E-state index is 0.880. The van der Waals surface area contributed by atoms with E-state index in [1.165, 1.54) is 67.0 Å². The van der Waals surface area contributed by atoms with Crippen molar-refractivity contribution in [1.82, 2.24) is 0 Å². The van der Waals surface area contributed by atoms with Crippen LogP contribution in [0, 0.1) is 0 Å². The van der Waals surface area contributed by atoms with E-state index >= 15 is 0 Å². The Morgan fingerprint density at radius 3 is 1.09 bits per heavy atom. The Labute approximate surface area is 266 Å². The zero-order valence-corrected chi connectivity index (χ0v) is 25.5. The number of benzene rings is 6. The molecule has 0 atom stereocenters. The van der Waals surface area contributed by atoms with Crippen LogP contribution >= 0.6 is 0 Å². The van der Waals surface area contributed by atoms with Crippen molar-refractivity contribution in [2.24, 2.45) is 0 Å². The van der Waals surface area contributed by atoms with Crippen LogP contribution in [0.5, 0.6) is 0 Å². The molecule has 1 heterocycles. The molecule has 0 bridgehead atoms. The summed E-state index contributed by atoms with van der Waals surface area (Å²) < 4.78 is 0. The van der Waals surface area contributed by atoms with Crippen molar-refractivity contribution in [1.29, 1.82) is 0 Å². The predicted molar refractivity (Wildman–Crippen MR) is 194 cm³/mol. The normalized spacial score (nSPS) is 11.6. The second-order valence-electron chi connectivity index (χ2n) is 11.3. The van der Waals surface area contributed by atoms with E-state index in [0.29, 0.717) is 0 Å². The van der Waals surface area contributed by atoms with Gasteiger partial charge in [-0.05, 0) is 99.0 Å². The Bertz CT molecular complexity index is 1770. The van der Waals surface area contributed by atoms with Gasteiger partial charge in [-0.1, -0.05) is 146 Å². The largest absolute Gasteiger partial charge is 0.341 e. The Balaban J connectivity index is 1.28. The predicted octanol–water partition coefficient (Wildman–Crippen LogP) is 11.5. The molecule has 0 amide bonds. The topological polar surface area (TPSA) is 3.24 Å². The highest BCUT2D eigenvalue weighted by atomic mass is 15.1. The summed E-state index contributed by atoms with van der Waals surface area (Å²) in [5, 5.41) is 0. The van der Waals surface area contributed by atoms with Gasteiger partial charge in [0.2, 0.25) is 0 Å². The van der Waals surface area contributed by atoms with E-state index in [4.69, 9.17) is 0 Å². The van der Waals surface area contributed by atoms with Crippen molar-refractivity contribution < 1.29 is 0 Å². The molecule has 1 aliphatic rings. The number of nitrogens with zero attached hydrogens (tertiary/aromatic N) is 1. The number of fused-ring (bicyclic) bond motifs is 2. The average Bonchev–Trinajstić information content (AvgIpc) is 3.27. The molecule has 0 aliphatic carbocycles. The summed E-state index contributed by atoms with van der Waals surface area (Å²) in [6.45, 7) is 3.11. The van der Waals surface area contributed by atoms with E-state index < -0.39 is 0 Å². The number of anilines is 2. The third kappa shape index (κ3) is 6.07. The highest BCUT2D eigenvalue weighted by molar-refractivity contribution is 5.96. The fraction of sp³-hybridized carbons (Fsp3) is 0.0455. The average molecular weight is 578 g/mol. The molecule has 45 heavy (non-hydrogen) atoms. The number of hydrogen-bond acceptors (Lipinski definition) is 1. The maximum Gasteiger partial charge on any atom is 0.0484 e. The van der Waals surface area contributed by atoms with Gasteiger partial charge >= 0.3 is 0 Å². The van der Waals surface area contributed by atoms with Crippen LogP contribution in [0.1, 0.15) is 51.4 Å². The maximum atomic E-state index is 2.43. The zero-order chi connectivity index (χ0) is 30.4. The molecule has 0 unspecified atom stereocenters. The summed E-state index contributed by atoms with van der Waals surface area (Å²) in [6, 6.07) is 56.3. The van der Waals surface area contributed by atoms with Gasteiger partial charge in [0, 0.05) is 17.9 Å². The van der Waals surface area contributed by atoms with E-state index in [1.807, 2.05) is 0 Å². The third-order valence-corrected chi connectivity index (χ3v) is 8.40. The van der Waals surface area contributed by atoms with Gasteiger partial charge < -0.3 is 4.90 Å². The number of hydrogen-bond donors (Lipinski definition) is 0. The summed E-state index contributed by atoms with van der Waals surface area (Å²) >= 11 is 0. The van der Waals surface area contributed by atoms with Crippen LogP contribution in [0.15, 0.2) is 158 Å². The second-order valence-corrected chi connectivity index (χ2v) is 11.3. The lowest BCUT2D eigenvalue weighted by Crippen LogP contribution is -2.17. The van der Waals surface area contributed by atoms with Crippen LogP contribution in [0.25, 0.3) is 35.5 Å². The molecule has 6 aromatic carbocycles. The van der Waals surface area contributed by atoms with Crippen LogP contribution < -0.4 is 4.90 Å². The molecule has 0 spiro atoms. The molecule has 0 N–H and O–H groups in total. The van der Waals surface area contributed by atoms with Crippen LogP contribution in [0.3, 0.4) is 0 Å². The molecule has 1 heteroatoms. The second kappa shape index (κ2) is 12.9. The molecule has 1 aliphatic heterocycles. The minimum Gasteiger partial charge on any atom is -0.341 e. The van der Waals surface area contributed by atoms with Gasteiger partial charge in [-0.25, -0.2) is 0 Å². The lowest BCUT2D eigenvalue weighted by atomic mass is 9.95. The van der Waals surface area contributed by atoms with Crippen molar-refractivity contribution in [2.45, 2.75) is 6.92 Å². The van der Waals surface area contributed by atoms with E-state index in [2.05, 4.69) is 194 Å². The monoisotopic (exact) mass is 577 g/mol. The van der Waals surface area contributed by atoms with Gasteiger partial charge in [0.15, 0.2) is 0 Å². The molecule has 1 nitrogen and oxygen atoms in total. The Morgan fingerprint density at radius 2 is 0.778 bits per heavy atom. The van der Waals surface area contributed by atoms with Gasteiger partial charge in [-0.2, -0.15) is 0 Å². The molecule has 216 valence electrons. The van der Waals surface area contributed by atoms with Crippen LogP contribution in [-0.2, 0) is 0 Å². The quantitative estimate of drug-likeness (QED) is 0.171. The molecule has 0 saturated carbocycles. The van der Waals surface area contributed by atoms with Crippen LogP contribution in [0.4, 0.5) is 11.4 Å². The van der Waals surface area contributed by atoms with Crippen molar-refractivity contribution in [3.63, 3.8) is 0 Å². The van der Waals surface area contributed by atoms with E-state index in [0.717, 1.165) is 6.54 Å². The molecule has 0 aromatic heterocycles. The summed E-state index contributed by atoms with van der Waals surface area (Å²) in [4.78, 5) is 2.43. The van der Waals surface area contributed by atoms with Crippen molar-refractivity contribution >= 4 is 46.8 Å². The van der Waals surface area contributed by atoms with Gasteiger partial charge in [0.25, 0.3) is 0 Å². The van der Waals surface area contributed by atoms with E-state index in [9.17, 15) is 0 Å². The highest BCUT2D eigenvalue weighted by Crippen LogP contribution is 2.38. The molecule has 0 radical (unpaired) electrons. The smallest absolute Gasteiger partial charge is 0.0484 e. The van der Waals surface area contributed by atoms with Gasteiger partial charge in [0.05, 0.1) is 0 Å². The SMILES string of the molecule is CCN1c2ccc(C=C(c3ccccc3)c3ccccc3)cc2C=Cc2cc(C=C(c3ccccc3)c3ccccc3)ccc21. The van der Waals surface area contributed by atoms with Gasteiger partial charge in [-0.3, -0.25) is 0 Å². The van der Waals surface area contributed by atoms with Crippen molar-refractivity contribution in [2.75, 3.05) is 11.4 Å². The zero-order valence-electron chi connectivity index (χ0n) is 25.5. The molecule has 7 rings (SSSR count). The van der Waals surface area contributed by atoms with Gasteiger partial charge in [0.1, 0.15) is 0 Å². The standard InChI is InChI=1S/C44H35N/c1-2-45-43-27-23-33(31-41(35-15-7-3-8-16-35)36-17-9-4-10-18-36)29-39(43)25-26-40-30-34(24-28-44(40)45)32-42(37-19-11-5-12-20-37)38-21-13-6-14-22-38/h3-32H,2H2,1H3. The summed E-state index contributed by atoms with van der Waals surface area (Å²) in [7, 11) is 0. The van der Waals surface area contributed by atoms with Crippen molar-refractivity contribution in [3.8, 4) is 0 Å².